The van der Waals surface area contributed by atoms with Crippen LogP contribution in [-0.4, -0.2) is 25.9 Å². The number of hydrogen-bond donors (Lipinski definition) is 2. The van der Waals surface area contributed by atoms with Crippen LogP contribution in [0.1, 0.15) is 69.3 Å². The molecule has 0 radical (unpaired) electrons. The van der Waals surface area contributed by atoms with E-state index in [4.69, 9.17) is 5.21 Å². The molecule has 2 atom stereocenters. The van der Waals surface area contributed by atoms with E-state index in [1.54, 1.807) is 28.1 Å². The Morgan fingerprint density at radius 2 is 2.08 bits per heavy atom. The van der Waals surface area contributed by atoms with Gasteiger partial charge in [-0.25, -0.2) is 10.5 Å². The monoisotopic (exact) mass is 351 g/mol. The number of hydrogen-bond acceptors (Lipinski definition) is 5. The van der Waals surface area contributed by atoms with Crippen LogP contribution in [0.3, 0.4) is 0 Å². The number of unbranched alkanes of at least 4 members (excludes halogenated alkanes) is 3. The summed E-state index contributed by atoms with van der Waals surface area (Å²) in [5, 5.41) is 9.95. The van der Waals surface area contributed by atoms with Crippen molar-refractivity contribution in [2.24, 2.45) is 0 Å². The third kappa shape index (κ3) is 3.83. The van der Waals surface area contributed by atoms with Crippen LogP contribution >= 0.6 is 11.8 Å². The van der Waals surface area contributed by atoms with Gasteiger partial charge in [0, 0.05) is 24.1 Å². The van der Waals surface area contributed by atoms with Gasteiger partial charge in [0.05, 0.1) is 11.9 Å². The normalized spacial score (nSPS) is 22.0. The van der Waals surface area contributed by atoms with Crippen molar-refractivity contribution < 1.29 is 10.0 Å². The third-order valence-electron chi connectivity index (χ3n) is 5.05. The van der Waals surface area contributed by atoms with Gasteiger partial charge in [-0.3, -0.25) is 19.4 Å². The number of hydroxylamine groups is 1. The van der Waals surface area contributed by atoms with Crippen molar-refractivity contribution in [3.63, 3.8) is 0 Å². The van der Waals surface area contributed by atoms with Crippen LogP contribution in [0.25, 0.3) is 0 Å². The van der Waals surface area contributed by atoms with Gasteiger partial charge in [0.15, 0.2) is 0 Å². The van der Waals surface area contributed by atoms with Gasteiger partial charge >= 0.3 is 0 Å². The zero-order valence-corrected chi connectivity index (χ0v) is 14.7. The highest BCUT2D eigenvalue weighted by Crippen LogP contribution is 2.49. The van der Waals surface area contributed by atoms with Gasteiger partial charge in [-0.15, -0.1) is 11.8 Å². The Hall–Kier alpha value is -1.34. The number of nitrogens with one attached hydrogen (secondary N) is 1. The second-order valence-corrected chi connectivity index (χ2v) is 7.94. The van der Waals surface area contributed by atoms with E-state index < -0.39 is 0 Å². The summed E-state index contributed by atoms with van der Waals surface area (Å²) < 4.78 is 1.76. The Morgan fingerprint density at radius 1 is 1.29 bits per heavy atom. The second-order valence-electron chi connectivity index (χ2n) is 6.71. The third-order valence-corrected chi connectivity index (χ3v) is 6.47. The number of carbonyl (C=O) groups excluding carboxylic acids is 1. The summed E-state index contributed by atoms with van der Waals surface area (Å²) in [6.45, 7) is 0.688. The fourth-order valence-corrected chi connectivity index (χ4v) is 5.23. The number of carbonyl (C=O) groups is 1. The molecule has 1 aliphatic carbocycles. The summed E-state index contributed by atoms with van der Waals surface area (Å²) in [5.74, 6) is 0.0665. The number of aromatic nitrogens is 2. The maximum absolute atomic E-state index is 12.8. The van der Waals surface area contributed by atoms with Crippen molar-refractivity contribution in [2.45, 2.75) is 80.5 Å². The van der Waals surface area contributed by atoms with Gasteiger partial charge in [-0.1, -0.05) is 25.7 Å². The highest BCUT2D eigenvalue weighted by Gasteiger charge is 2.38. The quantitative estimate of drug-likeness (QED) is 0.341. The minimum atomic E-state index is -0.339. The van der Waals surface area contributed by atoms with Gasteiger partial charge in [-0.2, -0.15) is 0 Å². The largest absolute Gasteiger partial charge is 0.299 e. The highest BCUT2D eigenvalue weighted by atomic mass is 32.2. The van der Waals surface area contributed by atoms with Crippen LogP contribution in [-0.2, 0) is 11.3 Å². The predicted molar refractivity (Wildman–Crippen MR) is 92.4 cm³/mol. The number of aryl methyl sites for hydroxylation is 1. The fourth-order valence-electron chi connectivity index (χ4n) is 3.75. The van der Waals surface area contributed by atoms with E-state index in [9.17, 15) is 9.59 Å². The molecule has 1 amide bonds. The highest BCUT2D eigenvalue weighted by molar-refractivity contribution is 8.00. The molecular weight excluding hydrogens is 326 g/mol. The van der Waals surface area contributed by atoms with Crippen molar-refractivity contribution in [3.05, 3.63) is 22.2 Å². The van der Waals surface area contributed by atoms with E-state index >= 15 is 0 Å². The smallest absolute Gasteiger partial charge is 0.257 e. The van der Waals surface area contributed by atoms with Crippen LogP contribution in [0.5, 0.6) is 0 Å². The first-order valence-electron chi connectivity index (χ1n) is 8.89. The van der Waals surface area contributed by atoms with Crippen LogP contribution in [0.2, 0.25) is 0 Å². The lowest BCUT2D eigenvalue weighted by Gasteiger charge is -2.23. The van der Waals surface area contributed by atoms with E-state index in [0.29, 0.717) is 24.1 Å². The van der Waals surface area contributed by atoms with Gasteiger partial charge in [0.1, 0.15) is 5.03 Å². The van der Waals surface area contributed by atoms with Crippen molar-refractivity contribution in [1.82, 2.24) is 15.0 Å². The zero-order valence-electron chi connectivity index (χ0n) is 13.9. The summed E-state index contributed by atoms with van der Waals surface area (Å²) >= 11 is 1.80. The summed E-state index contributed by atoms with van der Waals surface area (Å²) in [4.78, 5) is 28.2. The molecule has 1 fully saturated rings. The number of fused-ring (bicyclic) bond motifs is 3. The second kappa shape index (κ2) is 8.16. The van der Waals surface area contributed by atoms with Crippen LogP contribution in [0.4, 0.5) is 0 Å². The molecular formula is C17H25N3O3S. The summed E-state index contributed by atoms with van der Waals surface area (Å²) in [5.41, 5.74) is 2.76. The molecule has 0 spiro atoms. The Balaban J connectivity index is 1.53. The van der Waals surface area contributed by atoms with Gasteiger partial charge < -0.3 is 0 Å². The average molecular weight is 351 g/mol. The van der Waals surface area contributed by atoms with Gasteiger partial charge in [0.25, 0.3) is 5.56 Å². The molecule has 7 heteroatoms. The zero-order chi connectivity index (χ0) is 16.9. The molecule has 24 heavy (non-hydrogen) atoms. The Bertz CT molecular complexity index is 646. The Labute approximate surface area is 146 Å². The molecule has 6 nitrogen and oxygen atoms in total. The predicted octanol–water partition coefficient (Wildman–Crippen LogP) is 2.83. The SMILES string of the molecule is O=C(CCCCCCn1cnc2c(c1=O)C1CCCCC1S2)NO. The molecule has 1 aromatic heterocycles. The van der Waals surface area contributed by atoms with Crippen molar-refractivity contribution in [1.29, 1.82) is 0 Å². The molecule has 1 aromatic rings. The van der Waals surface area contributed by atoms with Gasteiger partial charge in [-0.05, 0) is 25.7 Å². The van der Waals surface area contributed by atoms with E-state index in [2.05, 4.69) is 4.98 Å². The van der Waals surface area contributed by atoms with E-state index in [0.717, 1.165) is 42.7 Å². The molecule has 1 aliphatic heterocycles. The van der Waals surface area contributed by atoms with E-state index in [1.165, 1.54) is 19.3 Å². The lowest BCUT2D eigenvalue weighted by Crippen LogP contribution is -2.28. The van der Waals surface area contributed by atoms with Crippen LogP contribution in [0.15, 0.2) is 16.1 Å². The van der Waals surface area contributed by atoms with E-state index in [1.807, 2.05) is 0 Å². The average Bonchev–Trinajstić information content (AvgIpc) is 2.98. The molecule has 2 N–H and O–H groups in total. The first kappa shape index (κ1) is 17.5. The summed E-state index contributed by atoms with van der Waals surface area (Å²) in [6.07, 6.45) is 10.4. The van der Waals surface area contributed by atoms with Gasteiger partial charge in [0.2, 0.25) is 5.91 Å². The minimum absolute atomic E-state index is 0.154. The topological polar surface area (TPSA) is 84.2 Å². The first-order chi connectivity index (χ1) is 11.7. The number of nitrogens with zero attached hydrogens (tertiary/aromatic N) is 2. The first-order valence-corrected chi connectivity index (χ1v) is 9.77. The van der Waals surface area contributed by atoms with Crippen LogP contribution < -0.4 is 11.0 Å². The van der Waals surface area contributed by atoms with Crippen LogP contribution in [0, 0.1) is 0 Å². The lowest BCUT2D eigenvalue weighted by atomic mass is 9.85. The number of thioether (sulfide) groups is 1. The Kier molecular flexibility index (Phi) is 5.94. The molecule has 3 rings (SSSR count). The van der Waals surface area contributed by atoms with Crippen molar-refractivity contribution in [3.8, 4) is 0 Å². The Morgan fingerprint density at radius 3 is 2.92 bits per heavy atom. The van der Waals surface area contributed by atoms with Crippen molar-refractivity contribution in [2.75, 3.05) is 0 Å². The molecule has 2 unspecified atom stereocenters. The number of amides is 1. The molecule has 0 aromatic carbocycles. The fraction of sp³-hybridized carbons (Fsp3) is 0.706. The molecule has 0 saturated heterocycles. The summed E-state index contributed by atoms with van der Waals surface area (Å²) in [7, 11) is 0. The molecule has 2 aliphatic rings. The lowest BCUT2D eigenvalue weighted by molar-refractivity contribution is -0.129. The molecule has 2 heterocycles. The molecule has 132 valence electrons. The standard InChI is InChI=1S/C17H25N3O3S/c21-14(19-23)9-3-1-2-6-10-20-11-18-16-15(17(20)22)12-7-4-5-8-13(12)24-16/h11-13,23H,1-10H2,(H,19,21). The maximum atomic E-state index is 12.8. The maximum Gasteiger partial charge on any atom is 0.257 e. The van der Waals surface area contributed by atoms with E-state index in [-0.39, 0.29) is 11.5 Å². The van der Waals surface area contributed by atoms with Crippen molar-refractivity contribution >= 4 is 17.7 Å². The minimum Gasteiger partial charge on any atom is -0.299 e. The molecule has 1 saturated carbocycles. The molecule has 0 bridgehead atoms. The number of rotatable bonds is 7. The summed E-state index contributed by atoms with van der Waals surface area (Å²) in [6, 6.07) is 0.